The summed E-state index contributed by atoms with van der Waals surface area (Å²) in [4.78, 5) is 2.25. The minimum Gasteiger partial charge on any atom is -0.491 e. The van der Waals surface area contributed by atoms with Crippen LogP contribution >= 0.6 is 0 Å². The number of benzene rings is 1. The lowest BCUT2D eigenvalue weighted by molar-refractivity contribution is 0.188. The molecule has 0 amide bonds. The van der Waals surface area contributed by atoms with Gasteiger partial charge in [0.25, 0.3) is 0 Å². The molecule has 0 aliphatic heterocycles. The van der Waals surface area contributed by atoms with E-state index in [1.54, 1.807) is 6.07 Å². The van der Waals surface area contributed by atoms with E-state index in [4.69, 9.17) is 10.00 Å². The van der Waals surface area contributed by atoms with E-state index in [1.807, 2.05) is 18.2 Å². The van der Waals surface area contributed by atoms with E-state index in [0.717, 1.165) is 13.1 Å². The van der Waals surface area contributed by atoms with Gasteiger partial charge in [0.05, 0.1) is 5.56 Å². The van der Waals surface area contributed by atoms with Crippen LogP contribution in [0.5, 0.6) is 5.75 Å². The van der Waals surface area contributed by atoms with Gasteiger partial charge >= 0.3 is 0 Å². The molecule has 0 saturated heterocycles. The summed E-state index contributed by atoms with van der Waals surface area (Å²) < 4.78 is 5.65. The topological polar surface area (TPSA) is 36.3 Å². The summed E-state index contributed by atoms with van der Waals surface area (Å²) in [6.45, 7) is 9.14. The van der Waals surface area contributed by atoms with E-state index in [0.29, 0.717) is 23.3 Å². The number of nitriles is 1. The lowest BCUT2D eigenvalue weighted by Gasteiger charge is -2.26. The van der Waals surface area contributed by atoms with Crippen LogP contribution in [0.3, 0.4) is 0 Å². The summed E-state index contributed by atoms with van der Waals surface area (Å²) in [5, 5.41) is 8.94. The minimum atomic E-state index is 0.291. The van der Waals surface area contributed by atoms with Gasteiger partial charge in [-0.05, 0) is 24.6 Å². The zero-order valence-corrected chi connectivity index (χ0v) is 11.7. The first-order chi connectivity index (χ1) is 8.42. The van der Waals surface area contributed by atoms with Gasteiger partial charge in [0.15, 0.2) is 0 Å². The Bertz CT molecular complexity index is 415. The molecule has 0 N–H and O–H groups in total. The van der Waals surface area contributed by atoms with Crippen molar-refractivity contribution in [1.82, 2.24) is 4.90 Å². The van der Waals surface area contributed by atoms with E-state index in [1.165, 1.54) is 0 Å². The Balaban J connectivity index is 2.40. The Morgan fingerprint density at radius 3 is 2.56 bits per heavy atom. The first kappa shape index (κ1) is 14.5. The predicted octanol–water partition coefficient (Wildman–Crippen LogP) is 2.91. The van der Waals surface area contributed by atoms with E-state index >= 15 is 0 Å². The molecular weight excluding hydrogens is 224 g/mol. The van der Waals surface area contributed by atoms with E-state index < -0.39 is 0 Å². The van der Waals surface area contributed by atoms with Gasteiger partial charge < -0.3 is 9.64 Å². The van der Waals surface area contributed by atoms with E-state index in [2.05, 4.69) is 38.8 Å². The molecular formula is C15H22N2O. The second kappa shape index (κ2) is 6.42. The highest BCUT2D eigenvalue weighted by Gasteiger charge is 2.13. The van der Waals surface area contributed by atoms with Crippen molar-refractivity contribution in [3.05, 3.63) is 29.8 Å². The van der Waals surface area contributed by atoms with Crippen molar-refractivity contribution in [1.29, 1.82) is 5.26 Å². The molecule has 0 aliphatic rings. The smallest absolute Gasteiger partial charge is 0.137 e. The quantitative estimate of drug-likeness (QED) is 0.801. The summed E-state index contributed by atoms with van der Waals surface area (Å²) in [7, 11) is 2.09. The standard InChI is InChI=1S/C15H22N2O/c1-15(2,3)12-17(4)9-10-18-14-8-6-5-7-13(14)11-16/h5-8H,9-10,12H2,1-4H3. The average molecular weight is 246 g/mol. The molecule has 18 heavy (non-hydrogen) atoms. The van der Waals surface area contributed by atoms with Gasteiger partial charge in [-0.1, -0.05) is 32.9 Å². The SMILES string of the molecule is CN(CCOc1ccccc1C#N)CC(C)(C)C. The molecule has 1 aromatic rings. The van der Waals surface area contributed by atoms with Crippen LogP contribution in [-0.2, 0) is 0 Å². The summed E-state index contributed by atoms with van der Waals surface area (Å²) in [5.74, 6) is 0.671. The molecule has 0 radical (unpaired) electrons. The zero-order valence-electron chi connectivity index (χ0n) is 11.7. The molecule has 1 rings (SSSR count). The molecule has 0 aromatic heterocycles. The number of rotatable bonds is 5. The summed E-state index contributed by atoms with van der Waals surface area (Å²) >= 11 is 0. The van der Waals surface area contributed by atoms with Crippen molar-refractivity contribution in [2.75, 3.05) is 26.7 Å². The maximum atomic E-state index is 8.94. The first-order valence-corrected chi connectivity index (χ1v) is 6.23. The number of hydrogen-bond acceptors (Lipinski definition) is 3. The molecule has 0 unspecified atom stereocenters. The fourth-order valence-corrected chi connectivity index (χ4v) is 1.89. The zero-order chi connectivity index (χ0) is 13.6. The normalized spacial score (nSPS) is 11.3. The molecule has 0 heterocycles. The molecule has 0 spiro atoms. The third-order valence-electron chi connectivity index (χ3n) is 2.48. The monoisotopic (exact) mass is 246 g/mol. The molecule has 0 aliphatic carbocycles. The second-order valence-corrected chi connectivity index (χ2v) is 5.75. The summed E-state index contributed by atoms with van der Waals surface area (Å²) in [6, 6.07) is 9.47. The molecule has 0 saturated carbocycles. The highest BCUT2D eigenvalue weighted by Crippen LogP contribution is 2.17. The Morgan fingerprint density at radius 1 is 1.28 bits per heavy atom. The lowest BCUT2D eigenvalue weighted by atomic mass is 9.96. The Morgan fingerprint density at radius 2 is 1.94 bits per heavy atom. The van der Waals surface area contributed by atoms with Crippen LogP contribution in [0, 0.1) is 16.7 Å². The van der Waals surface area contributed by atoms with Gasteiger partial charge in [-0.25, -0.2) is 0 Å². The number of ether oxygens (including phenoxy) is 1. The first-order valence-electron chi connectivity index (χ1n) is 6.23. The van der Waals surface area contributed by atoms with Crippen LogP contribution in [-0.4, -0.2) is 31.6 Å². The van der Waals surface area contributed by atoms with Crippen molar-refractivity contribution >= 4 is 0 Å². The van der Waals surface area contributed by atoms with Crippen LogP contribution in [0.15, 0.2) is 24.3 Å². The highest BCUT2D eigenvalue weighted by atomic mass is 16.5. The minimum absolute atomic E-state index is 0.291. The summed E-state index contributed by atoms with van der Waals surface area (Å²) in [6.07, 6.45) is 0. The molecule has 98 valence electrons. The van der Waals surface area contributed by atoms with Crippen LogP contribution in [0.25, 0.3) is 0 Å². The molecule has 0 bridgehead atoms. The molecule has 1 aromatic carbocycles. The van der Waals surface area contributed by atoms with Crippen LogP contribution in [0.1, 0.15) is 26.3 Å². The molecule has 0 atom stereocenters. The number of para-hydroxylation sites is 1. The van der Waals surface area contributed by atoms with Crippen molar-refractivity contribution in [3.8, 4) is 11.8 Å². The molecule has 0 fully saturated rings. The van der Waals surface area contributed by atoms with Crippen LogP contribution in [0.2, 0.25) is 0 Å². The largest absolute Gasteiger partial charge is 0.491 e. The predicted molar refractivity (Wildman–Crippen MR) is 73.6 cm³/mol. The van der Waals surface area contributed by atoms with Gasteiger partial charge in [-0.3, -0.25) is 0 Å². The highest BCUT2D eigenvalue weighted by molar-refractivity contribution is 5.42. The van der Waals surface area contributed by atoms with Crippen LogP contribution in [0.4, 0.5) is 0 Å². The number of hydrogen-bond donors (Lipinski definition) is 0. The van der Waals surface area contributed by atoms with E-state index in [9.17, 15) is 0 Å². The van der Waals surface area contributed by atoms with Crippen LogP contribution < -0.4 is 4.74 Å². The van der Waals surface area contributed by atoms with Gasteiger partial charge in [-0.2, -0.15) is 5.26 Å². The maximum Gasteiger partial charge on any atom is 0.137 e. The maximum absolute atomic E-state index is 8.94. The molecule has 3 nitrogen and oxygen atoms in total. The van der Waals surface area contributed by atoms with Gasteiger partial charge in [-0.15, -0.1) is 0 Å². The number of nitrogens with zero attached hydrogens (tertiary/aromatic N) is 2. The Hall–Kier alpha value is -1.53. The van der Waals surface area contributed by atoms with Crippen molar-refractivity contribution < 1.29 is 4.74 Å². The van der Waals surface area contributed by atoms with Gasteiger partial charge in [0.1, 0.15) is 18.4 Å². The Kier molecular flexibility index (Phi) is 5.18. The average Bonchev–Trinajstić information content (AvgIpc) is 2.27. The van der Waals surface area contributed by atoms with Crippen molar-refractivity contribution in [2.24, 2.45) is 5.41 Å². The number of likely N-dealkylation sites (N-methyl/N-ethyl adjacent to an activating group) is 1. The Labute approximate surface area is 110 Å². The van der Waals surface area contributed by atoms with Crippen molar-refractivity contribution in [3.63, 3.8) is 0 Å². The molecule has 3 heteroatoms. The third kappa shape index (κ3) is 5.20. The summed E-state index contributed by atoms with van der Waals surface area (Å²) in [5.41, 5.74) is 0.884. The second-order valence-electron chi connectivity index (χ2n) is 5.75. The fraction of sp³-hybridized carbons (Fsp3) is 0.533. The third-order valence-corrected chi connectivity index (χ3v) is 2.48. The van der Waals surface area contributed by atoms with Gasteiger partial charge in [0, 0.05) is 13.1 Å². The van der Waals surface area contributed by atoms with E-state index in [-0.39, 0.29) is 0 Å². The van der Waals surface area contributed by atoms with Crippen molar-refractivity contribution in [2.45, 2.75) is 20.8 Å². The van der Waals surface area contributed by atoms with Gasteiger partial charge in [0.2, 0.25) is 0 Å². The fourth-order valence-electron chi connectivity index (χ4n) is 1.89. The lowest BCUT2D eigenvalue weighted by Crippen LogP contribution is -2.32.